The zero-order valence-electron chi connectivity index (χ0n) is 28.0. The van der Waals surface area contributed by atoms with Gasteiger partial charge in [-0.15, -0.1) is 0 Å². The first-order chi connectivity index (χ1) is 21.1. The number of nitrogens with zero attached hydrogens (tertiary/aromatic N) is 1. The summed E-state index contributed by atoms with van der Waals surface area (Å²) in [7, 11) is 0. The van der Waals surface area contributed by atoms with Gasteiger partial charge in [0.1, 0.15) is 23.4 Å². The average molecular weight is 625 g/mol. The molecule has 0 radical (unpaired) electrons. The summed E-state index contributed by atoms with van der Waals surface area (Å²) in [6.45, 7) is 13.0. The van der Waals surface area contributed by atoms with Gasteiger partial charge in [0.2, 0.25) is 11.8 Å². The van der Waals surface area contributed by atoms with Gasteiger partial charge in [0.05, 0.1) is 0 Å². The maximum atomic E-state index is 14.5. The van der Waals surface area contributed by atoms with Crippen molar-refractivity contribution in [1.29, 1.82) is 0 Å². The number of phenols is 1. The summed E-state index contributed by atoms with van der Waals surface area (Å²) in [4.78, 5) is 54.8. The van der Waals surface area contributed by atoms with Gasteiger partial charge in [0, 0.05) is 18.7 Å². The maximum Gasteiger partial charge on any atom is 0.408 e. The van der Waals surface area contributed by atoms with Crippen LogP contribution < -0.4 is 16.4 Å². The number of carbonyl (C=O) groups excluding carboxylic acids is 4. The Hall–Kier alpha value is -4.08. The Morgan fingerprint density at radius 1 is 0.933 bits per heavy atom. The Morgan fingerprint density at radius 3 is 2.13 bits per heavy atom. The number of primary amides is 1. The molecule has 0 aliphatic heterocycles. The van der Waals surface area contributed by atoms with Gasteiger partial charge in [-0.3, -0.25) is 14.4 Å². The summed E-state index contributed by atoms with van der Waals surface area (Å²) in [5, 5.41) is 16.0. The molecular formula is C35H52N4O6. The van der Waals surface area contributed by atoms with Crippen LogP contribution in [-0.2, 0) is 19.1 Å². The van der Waals surface area contributed by atoms with Crippen LogP contribution in [0, 0.1) is 20.8 Å². The number of nitrogens with two attached hydrogens (primary N) is 1. The Kier molecular flexibility index (Phi) is 14.4. The number of hydrogen-bond donors (Lipinski definition) is 4. The first kappa shape index (κ1) is 37.1. The summed E-state index contributed by atoms with van der Waals surface area (Å²) < 4.78 is 5.42. The Labute approximate surface area is 268 Å². The molecule has 0 saturated heterocycles. The molecule has 2 atom stereocenters. The van der Waals surface area contributed by atoms with Crippen LogP contribution in [0.4, 0.5) is 10.5 Å². The Balaban J connectivity index is 2.61. The smallest absolute Gasteiger partial charge is 0.408 e. The van der Waals surface area contributed by atoms with Crippen molar-refractivity contribution >= 4 is 29.5 Å². The molecule has 10 heteroatoms. The van der Waals surface area contributed by atoms with Crippen molar-refractivity contribution in [3.8, 4) is 5.75 Å². The molecule has 0 heterocycles. The summed E-state index contributed by atoms with van der Waals surface area (Å²) >= 11 is 0. The Morgan fingerprint density at radius 2 is 1.56 bits per heavy atom. The fourth-order valence-corrected chi connectivity index (χ4v) is 5.15. The number of benzene rings is 2. The highest BCUT2D eigenvalue weighted by atomic mass is 16.6. The number of carbonyl (C=O) groups is 4. The standard InChI is InChI=1S/C35H52N4O6/c1-8-9-10-11-12-13-21-39(33(43)27(18-20-29(36)41)37-34(44)45-35(5,6)7)31(26-17-19-28(40)25(4)22-26)32(42)38-30-23(2)15-14-16-24(30)3/h14-17,19,22,27,31,40H,8-13,18,20-21H2,1-7H3,(H2,36,41)(H,37,44)(H,38,42). The lowest BCUT2D eigenvalue weighted by Crippen LogP contribution is -2.53. The quantitative estimate of drug-likeness (QED) is 0.160. The molecule has 0 aliphatic rings. The monoisotopic (exact) mass is 624 g/mol. The number of ether oxygens (including phenoxy) is 1. The minimum absolute atomic E-state index is 0.0624. The van der Waals surface area contributed by atoms with Crippen molar-refractivity contribution in [3.05, 3.63) is 58.7 Å². The van der Waals surface area contributed by atoms with Gasteiger partial charge in [-0.2, -0.15) is 0 Å². The van der Waals surface area contributed by atoms with Crippen molar-refractivity contribution in [3.63, 3.8) is 0 Å². The molecule has 5 N–H and O–H groups in total. The second-order valence-electron chi connectivity index (χ2n) is 12.7. The van der Waals surface area contributed by atoms with Crippen molar-refractivity contribution in [1.82, 2.24) is 10.2 Å². The zero-order chi connectivity index (χ0) is 33.7. The lowest BCUT2D eigenvalue weighted by Gasteiger charge is -2.35. The van der Waals surface area contributed by atoms with Crippen molar-refractivity contribution in [2.24, 2.45) is 5.73 Å². The fourth-order valence-electron chi connectivity index (χ4n) is 5.15. The lowest BCUT2D eigenvalue weighted by atomic mass is 9.98. The van der Waals surface area contributed by atoms with Gasteiger partial charge < -0.3 is 31.1 Å². The van der Waals surface area contributed by atoms with E-state index in [4.69, 9.17) is 10.5 Å². The van der Waals surface area contributed by atoms with Gasteiger partial charge >= 0.3 is 6.09 Å². The molecule has 2 aromatic rings. The third-order valence-electron chi connectivity index (χ3n) is 7.53. The number of rotatable bonds is 16. The minimum Gasteiger partial charge on any atom is -0.508 e. The van der Waals surface area contributed by atoms with Gasteiger partial charge in [-0.05, 0) is 88.8 Å². The van der Waals surface area contributed by atoms with E-state index < -0.39 is 41.5 Å². The lowest BCUT2D eigenvalue weighted by molar-refractivity contribution is -0.141. The van der Waals surface area contributed by atoms with Gasteiger partial charge in [0.25, 0.3) is 5.91 Å². The van der Waals surface area contributed by atoms with E-state index in [1.54, 1.807) is 39.8 Å². The minimum atomic E-state index is -1.18. The van der Waals surface area contributed by atoms with E-state index in [-0.39, 0.29) is 25.1 Å². The van der Waals surface area contributed by atoms with Crippen LogP contribution in [0.2, 0.25) is 0 Å². The van der Waals surface area contributed by atoms with Crippen molar-refractivity contribution in [2.45, 2.75) is 118 Å². The van der Waals surface area contributed by atoms with Gasteiger partial charge in [-0.25, -0.2) is 4.79 Å². The van der Waals surface area contributed by atoms with Crippen molar-refractivity contribution < 1.29 is 29.0 Å². The predicted octanol–water partition coefficient (Wildman–Crippen LogP) is 6.35. The van der Waals surface area contributed by atoms with E-state index in [0.29, 0.717) is 23.2 Å². The second-order valence-corrected chi connectivity index (χ2v) is 12.7. The van der Waals surface area contributed by atoms with Crippen LogP contribution in [0.5, 0.6) is 5.75 Å². The Bertz CT molecular complexity index is 1300. The van der Waals surface area contributed by atoms with E-state index in [1.807, 2.05) is 32.0 Å². The topological polar surface area (TPSA) is 151 Å². The van der Waals surface area contributed by atoms with Crippen LogP contribution >= 0.6 is 0 Å². The van der Waals surface area contributed by atoms with Gasteiger partial charge in [-0.1, -0.05) is 63.3 Å². The molecule has 0 aromatic heterocycles. The highest BCUT2D eigenvalue weighted by molar-refractivity contribution is 6.00. The van der Waals surface area contributed by atoms with Crippen LogP contribution in [0.25, 0.3) is 0 Å². The first-order valence-electron chi connectivity index (χ1n) is 15.9. The fraction of sp³-hybridized carbons (Fsp3) is 0.543. The van der Waals surface area contributed by atoms with Crippen LogP contribution in [-0.4, -0.2) is 52.0 Å². The number of aryl methyl sites for hydroxylation is 3. The van der Waals surface area contributed by atoms with E-state index in [9.17, 15) is 24.3 Å². The molecule has 4 amide bonds. The number of para-hydroxylation sites is 1. The highest BCUT2D eigenvalue weighted by Gasteiger charge is 2.36. The third kappa shape index (κ3) is 12.1. The molecule has 2 rings (SSSR count). The molecule has 45 heavy (non-hydrogen) atoms. The number of anilines is 1. The summed E-state index contributed by atoms with van der Waals surface area (Å²) in [5.41, 5.74) is 8.03. The summed E-state index contributed by atoms with van der Waals surface area (Å²) in [6, 6.07) is 8.22. The maximum absolute atomic E-state index is 14.5. The summed E-state index contributed by atoms with van der Waals surface area (Å²) in [5.74, 6) is -1.54. The number of amides is 4. The largest absolute Gasteiger partial charge is 0.508 e. The number of nitrogens with one attached hydrogen (secondary N) is 2. The molecule has 2 unspecified atom stereocenters. The molecule has 0 spiro atoms. The molecule has 10 nitrogen and oxygen atoms in total. The molecule has 0 bridgehead atoms. The second kappa shape index (κ2) is 17.4. The summed E-state index contributed by atoms with van der Waals surface area (Å²) in [6.07, 6.45) is 4.68. The number of alkyl carbamates (subject to hydrolysis) is 1. The zero-order valence-corrected chi connectivity index (χ0v) is 28.0. The van der Waals surface area contributed by atoms with E-state index in [2.05, 4.69) is 17.6 Å². The number of aromatic hydroxyl groups is 1. The number of unbranched alkanes of at least 4 members (excludes halogenated alkanes) is 5. The van der Waals surface area contributed by atoms with Crippen LogP contribution in [0.3, 0.4) is 0 Å². The third-order valence-corrected chi connectivity index (χ3v) is 7.53. The van der Waals surface area contributed by atoms with Crippen LogP contribution in [0.1, 0.15) is 107 Å². The van der Waals surface area contributed by atoms with Crippen molar-refractivity contribution in [2.75, 3.05) is 11.9 Å². The number of hydrogen-bond acceptors (Lipinski definition) is 6. The molecule has 0 saturated carbocycles. The van der Waals surface area contributed by atoms with E-state index in [1.165, 1.54) is 11.0 Å². The normalized spacial score (nSPS) is 12.6. The number of phenolic OH excluding ortho intramolecular Hbond substituents is 1. The van der Waals surface area contributed by atoms with Crippen LogP contribution in [0.15, 0.2) is 36.4 Å². The first-order valence-corrected chi connectivity index (χ1v) is 15.9. The molecular weight excluding hydrogens is 572 g/mol. The SMILES string of the molecule is CCCCCCCCN(C(=O)C(CCC(N)=O)NC(=O)OC(C)(C)C)C(C(=O)Nc1c(C)cccc1C)c1ccc(O)c(C)c1. The predicted molar refractivity (Wildman–Crippen MR) is 177 cm³/mol. The average Bonchev–Trinajstić information content (AvgIpc) is 2.94. The van der Waals surface area contributed by atoms with E-state index in [0.717, 1.165) is 43.2 Å². The highest BCUT2D eigenvalue weighted by Crippen LogP contribution is 2.30. The molecule has 248 valence electrons. The molecule has 0 fully saturated rings. The van der Waals surface area contributed by atoms with Gasteiger partial charge in [0.15, 0.2) is 0 Å². The molecule has 2 aromatic carbocycles. The van der Waals surface area contributed by atoms with E-state index >= 15 is 0 Å². The molecule has 0 aliphatic carbocycles.